The van der Waals surface area contributed by atoms with E-state index >= 15 is 0 Å². The van der Waals surface area contributed by atoms with Crippen LogP contribution in [0.3, 0.4) is 0 Å². The number of rotatable bonds is 4. The highest BCUT2D eigenvalue weighted by molar-refractivity contribution is 5.62. The van der Waals surface area contributed by atoms with Crippen molar-refractivity contribution < 1.29 is 4.74 Å². The van der Waals surface area contributed by atoms with Gasteiger partial charge in [-0.1, -0.05) is 12.1 Å². The molecule has 4 heteroatoms. The van der Waals surface area contributed by atoms with Crippen molar-refractivity contribution in [1.29, 1.82) is 0 Å². The molecule has 0 saturated heterocycles. The molecule has 104 valence electrons. The maximum atomic E-state index is 5.55. The predicted octanol–water partition coefficient (Wildman–Crippen LogP) is 3.07. The highest BCUT2D eigenvalue weighted by Crippen LogP contribution is 2.29. The maximum absolute atomic E-state index is 5.55. The van der Waals surface area contributed by atoms with Gasteiger partial charge in [-0.05, 0) is 38.3 Å². The molecule has 1 aromatic carbocycles. The number of ether oxygens (including phenoxy) is 1. The highest BCUT2D eigenvalue weighted by atomic mass is 16.5. The molecule has 1 heterocycles. The summed E-state index contributed by atoms with van der Waals surface area (Å²) >= 11 is 0. The first-order valence-corrected chi connectivity index (χ1v) is 7.12. The SMILES string of the molecule is CCOc1cccc(-c2nc3c(c(NC)n2)CCC3)c1. The fraction of sp³-hybridized carbons (Fsp3) is 0.375. The number of hydrogen-bond donors (Lipinski definition) is 1. The first kappa shape index (κ1) is 12.9. The van der Waals surface area contributed by atoms with Gasteiger partial charge in [-0.15, -0.1) is 0 Å². The molecule has 1 aliphatic carbocycles. The summed E-state index contributed by atoms with van der Waals surface area (Å²) in [6.07, 6.45) is 3.29. The average molecular weight is 269 g/mol. The third kappa shape index (κ3) is 2.33. The van der Waals surface area contributed by atoms with Crippen molar-refractivity contribution in [2.45, 2.75) is 26.2 Å². The topological polar surface area (TPSA) is 47.0 Å². The van der Waals surface area contributed by atoms with Gasteiger partial charge in [0, 0.05) is 23.9 Å². The van der Waals surface area contributed by atoms with E-state index in [2.05, 4.69) is 10.3 Å². The molecule has 0 saturated carbocycles. The molecule has 20 heavy (non-hydrogen) atoms. The van der Waals surface area contributed by atoms with Gasteiger partial charge in [-0.2, -0.15) is 0 Å². The van der Waals surface area contributed by atoms with Crippen LogP contribution >= 0.6 is 0 Å². The van der Waals surface area contributed by atoms with Crippen LogP contribution in [0.4, 0.5) is 5.82 Å². The van der Waals surface area contributed by atoms with E-state index in [4.69, 9.17) is 9.72 Å². The van der Waals surface area contributed by atoms with Crippen molar-refractivity contribution in [1.82, 2.24) is 9.97 Å². The first-order valence-electron chi connectivity index (χ1n) is 7.12. The normalized spacial score (nSPS) is 13.1. The van der Waals surface area contributed by atoms with Gasteiger partial charge in [0.15, 0.2) is 5.82 Å². The molecule has 2 aromatic rings. The van der Waals surface area contributed by atoms with Gasteiger partial charge in [0.25, 0.3) is 0 Å². The molecule has 0 atom stereocenters. The molecule has 0 spiro atoms. The Labute approximate surface area is 119 Å². The zero-order valence-electron chi connectivity index (χ0n) is 11.9. The van der Waals surface area contributed by atoms with Crippen LogP contribution in [0.1, 0.15) is 24.6 Å². The summed E-state index contributed by atoms with van der Waals surface area (Å²) < 4.78 is 5.55. The highest BCUT2D eigenvalue weighted by Gasteiger charge is 2.19. The van der Waals surface area contributed by atoms with E-state index < -0.39 is 0 Å². The molecule has 0 aliphatic heterocycles. The Kier molecular flexibility index (Phi) is 3.54. The summed E-state index contributed by atoms with van der Waals surface area (Å²) in [5.41, 5.74) is 3.46. The van der Waals surface area contributed by atoms with Gasteiger partial charge in [0.1, 0.15) is 11.6 Å². The average Bonchev–Trinajstić information content (AvgIpc) is 2.95. The molecular weight excluding hydrogens is 250 g/mol. The van der Waals surface area contributed by atoms with E-state index in [9.17, 15) is 0 Å². The molecular formula is C16H19N3O. The van der Waals surface area contributed by atoms with Gasteiger partial charge in [-0.25, -0.2) is 9.97 Å². The van der Waals surface area contributed by atoms with Crippen LogP contribution in [0.25, 0.3) is 11.4 Å². The number of aromatic nitrogens is 2. The summed E-state index contributed by atoms with van der Waals surface area (Å²) in [4.78, 5) is 9.38. The Hall–Kier alpha value is -2.10. The smallest absolute Gasteiger partial charge is 0.161 e. The van der Waals surface area contributed by atoms with Crippen molar-refractivity contribution in [2.24, 2.45) is 0 Å². The fourth-order valence-electron chi connectivity index (χ4n) is 2.66. The summed E-state index contributed by atoms with van der Waals surface area (Å²) in [7, 11) is 1.92. The van der Waals surface area contributed by atoms with E-state index in [1.54, 1.807) is 0 Å². The lowest BCUT2D eigenvalue weighted by Gasteiger charge is -2.10. The van der Waals surface area contributed by atoms with E-state index in [0.29, 0.717) is 6.61 Å². The molecule has 1 N–H and O–H groups in total. The summed E-state index contributed by atoms with van der Waals surface area (Å²) in [5.74, 6) is 2.60. The van der Waals surface area contributed by atoms with E-state index in [0.717, 1.165) is 35.8 Å². The van der Waals surface area contributed by atoms with E-state index in [1.807, 2.05) is 38.2 Å². The van der Waals surface area contributed by atoms with Crippen molar-refractivity contribution in [3.05, 3.63) is 35.5 Å². The zero-order valence-corrected chi connectivity index (χ0v) is 11.9. The van der Waals surface area contributed by atoms with Crippen LogP contribution in [0.5, 0.6) is 5.75 Å². The molecule has 1 aliphatic rings. The molecule has 0 bridgehead atoms. The van der Waals surface area contributed by atoms with Gasteiger partial charge in [0.05, 0.1) is 6.61 Å². The summed E-state index contributed by atoms with van der Waals surface area (Å²) in [6.45, 7) is 2.65. The van der Waals surface area contributed by atoms with Crippen molar-refractivity contribution in [2.75, 3.05) is 19.0 Å². The predicted molar refractivity (Wildman–Crippen MR) is 80.2 cm³/mol. The Morgan fingerprint density at radius 2 is 2.15 bits per heavy atom. The second kappa shape index (κ2) is 5.49. The minimum Gasteiger partial charge on any atom is -0.494 e. The number of benzene rings is 1. The second-order valence-corrected chi connectivity index (χ2v) is 4.89. The van der Waals surface area contributed by atoms with Crippen molar-refractivity contribution >= 4 is 5.82 Å². The molecule has 3 rings (SSSR count). The third-order valence-corrected chi connectivity index (χ3v) is 3.57. The Bertz CT molecular complexity index is 625. The fourth-order valence-corrected chi connectivity index (χ4v) is 2.66. The molecule has 0 unspecified atom stereocenters. The summed E-state index contributed by atoms with van der Waals surface area (Å²) in [6, 6.07) is 7.97. The monoisotopic (exact) mass is 269 g/mol. The lowest BCUT2D eigenvalue weighted by atomic mass is 10.1. The Morgan fingerprint density at radius 3 is 2.95 bits per heavy atom. The molecule has 0 radical (unpaired) electrons. The van der Waals surface area contributed by atoms with E-state index in [-0.39, 0.29) is 0 Å². The Morgan fingerprint density at radius 1 is 1.25 bits per heavy atom. The number of nitrogens with zero attached hydrogens (tertiary/aromatic N) is 2. The van der Waals surface area contributed by atoms with Gasteiger partial charge in [0.2, 0.25) is 0 Å². The van der Waals surface area contributed by atoms with E-state index in [1.165, 1.54) is 17.7 Å². The summed E-state index contributed by atoms with van der Waals surface area (Å²) in [5, 5.41) is 3.19. The van der Waals surface area contributed by atoms with Gasteiger partial charge < -0.3 is 10.1 Å². The zero-order chi connectivity index (χ0) is 13.9. The lowest BCUT2D eigenvalue weighted by molar-refractivity contribution is 0.340. The first-order chi connectivity index (χ1) is 9.81. The molecule has 0 fully saturated rings. The molecule has 0 amide bonds. The van der Waals surface area contributed by atoms with Crippen LogP contribution in [-0.2, 0) is 12.8 Å². The number of anilines is 1. The van der Waals surface area contributed by atoms with Crippen molar-refractivity contribution in [3.63, 3.8) is 0 Å². The van der Waals surface area contributed by atoms with Gasteiger partial charge in [-0.3, -0.25) is 0 Å². The third-order valence-electron chi connectivity index (χ3n) is 3.57. The van der Waals surface area contributed by atoms with Crippen LogP contribution in [0, 0.1) is 0 Å². The minimum absolute atomic E-state index is 0.663. The largest absolute Gasteiger partial charge is 0.494 e. The second-order valence-electron chi connectivity index (χ2n) is 4.89. The van der Waals surface area contributed by atoms with Crippen LogP contribution < -0.4 is 10.1 Å². The standard InChI is InChI=1S/C16H19N3O/c1-3-20-12-7-4-6-11(10-12)15-18-14-9-5-8-13(14)16(17-2)19-15/h4,6-7,10H,3,5,8-9H2,1-2H3,(H,17,18,19). The molecule has 4 nitrogen and oxygen atoms in total. The van der Waals surface area contributed by atoms with Gasteiger partial charge >= 0.3 is 0 Å². The van der Waals surface area contributed by atoms with Crippen LogP contribution in [0.2, 0.25) is 0 Å². The Balaban J connectivity index is 2.04. The minimum atomic E-state index is 0.663. The number of fused-ring (bicyclic) bond motifs is 1. The van der Waals surface area contributed by atoms with Crippen molar-refractivity contribution in [3.8, 4) is 17.1 Å². The quantitative estimate of drug-likeness (QED) is 0.926. The maximum Gasteiger partial charge on any atom is 0.161 e. The van der Waals surface area contributed by atoms with Crippen LogP contribution in [-0.4, -0.2) is 23.6 Å². The lowest BCUT2D eigenvalue weighted by Crippen LogP contribution is -2.03. The number of hydrogen-bond acceptors (Lipinski definition) is 4. The number of nitrogens with one attached hydrogen (secondary N) is 1. The number of aryl methyl sites for hydroxylation is 1. The van der Waals surface area contributed by atoms with Crippen LogP contribution in [0.15, 0.2) is 24.3 Å². The molecule has 1 aromatic heterocycles.